The summed E-state index contributed by atoms with van der Waals surface area (Å²) in [4.78, 5) is 1.34. The summed E-state index contributed by atoms with van der Waals surface area (Å²) < 4.78 is 0.605. The zero-order valence-electron chi connectivity index (χ0n) is 18.2. The van der Waals surface area contributed by atoms with E-state index in [-0.39, 0.29) is 22.7 Å². The summed E-state index contributed by atoms with van der Waals surface area (Å²) >= 11 is 2.57. The third kappa shape index (κ3) is 1.77. The highest BCUT2D eigenvalue weighted by Crippen LogP contribution is 3.31. The summed E-state index contributed by atoms with van der Waals surface area (Å²) in [5, 5.41) is 1.99. The molecule has 0 amide bonds. The number of hydrogen-bond acceptors (Lipinski definition) is 1. The Hall–Kier alpha value is 1.81. The summed E-state index contributed by atoms with van der Waals surface area (Å²) in [6.07, 6.45) is 0. The van der Waals surface area contributed by atoms with Crippen LogP contribution in [-0.2, 0) is 0 Å². The smallest absolute Gasteiger partial charge is 0.0777 e. The van der Waals surface area contributed by atoms with Gasteiger partial charge in [-0.15, -0.1) is 11.4 Å². The van der Waals surface area contributed by atoms with Gasteiger partial charge in [0.1, 0.15) is 0 Å². The van der Waals surface area contributed by atoms with Crippen LogP contribution in [-0.4, -0.2) is 19.1 Å². The van der Waals surface area contributed by atoms with Crippen LogP contribution in [0, 0.1) is 21.7 Å². The van der Waals surface area contributed by atoms with Crippen LogP contribution in [0.4, 0.5) is 0 Å². The molecule has 0 spiro atoms. The minimum absolute atomic E-state index is 0.0272. The largest absolute Gasteiger partial charge is 0.114 e. The Morgan fingerprint density at radius 1 is 0.720 bits per heavy atom. The van der Waals surface area contributed by atoms with Gasteiger partial charge in [-0.3, -0.25) is 0 Å². The zero-order valence-corrected chi connectivity index (χ0v) is 22.6. The van der Waals surface area contributed by atoms with Crippen molar-refractivity contribution in [1.82, 2.24) is 0 Å². The van der Waals surface area contributed by atoms with E-state index in [1.807, 2.05) is 12.9 Å². The minimum Gasteiger partial charge on any atom is -0.114 e. The van der Waals surface area contributed by atoms with Crippen LogP contribution in [0.25, 0.3) is 0 Å². The second kappa shape index (κ2) is 4.75. The zero-order chi connectivity index (χ0) is 19.2. The summed E-state index contributed by atoms with van der Waals surface area (Å²) in [7, 11) is 1.95. The normalized spacial score (nSPS) is 48.8. The topological polar surface area (TPSA) is 0 Å². The molecule has 5 heteroatoms. The maximum atomic E-state index is 2.60. The van der Waals surface area contributed by atoms with Crippen molar-refractivity contribution in [2.24, 2.45) is 21.7 Å². The third-order valence-electron chi connectivity index (χ3n) is 6.61. The van der Waals surface area contributed by atoms with Crippen LogP contribution in [0.15, 0.2) is 0 Å². The van der Waals surface area contributed by atoms with E-state index in [1.165, 1.54) is 0 Å². The molecule has 5 aliphatic rings. The molecule has 0 aromatic carbocycles. The molecule has 0 aromatic rings. The minimum atomic E-state index is -0.0272. The molecule has 142 valence electrons. The molecule has 5 rings (SSSR count). The van der Waals surface area contributed by atoms with Crippen molar-refractivity contribution in [2.45, 2.75) is 97.1 Å². The first kappa shape index (κ1) is 20.1. The Labute approximate surface area is 165 Å². The fourth-order valence-corrected chi connectivity index (χ4v) is 49.2. The maximum absolute atomic E-state index is 2.60. The van der Waals surface area contributed by atoms with Crippen LogP contribution in [0.5, 0.6) is 0 Å². The first-order valence-electron chi connectivity index (χ1n) is 9.63. The van der Waals surface area contributed by atoms with Crippen molar-refractivity contribution in [3.63, 3.8) is 0 Å². The molecule has 5 aliphatic heterocycles. The SMILES string of the molecule is CC(C)(C)C1=PP2[C@]3(C(C)(C)C)SP4[C@](C(C)(C)C)(P13)[C@]24C(C)(C)C. The number of hydrogen-bond donors (Lipinski definition) is 0. The van der Waals surface area contributed by atoms with Crippen LogP contribution in [0.3, 0.4) is 0 Å². The molecule has 3 unspecified atom stereocenters. The molecule has 0 radical (unpaired) electrons. The van der Waals surface area contributed by atoms with E-state index >= 15 is 0 Å². The van der Waals surface area contributed by atoms with Gasteiger partial charge in [0.05, 0.1) is 4.23 Å². The molecular formula is C20H36P4S. The van der Waals surface area contributed by atoms with Gasteiger partial charge in [0.25, 0.3) is 0 Å². The Morgan fingerprint density at radius 2 is 1.20 bits per heavy atom. The first-order valence-corrected chi connectivity index (χ1v) is 16.7. The highest BCUT2D eigenvalue weighted by atomic mass is 32.7. The van der Waals surface area contributed by atoms with E-state index in [0.29, 0.717) is 35.7 Å². The standard InChI is InChI=1S/C20H36P4S/c1-14(2,3)13-21-23-19(16(7,8)9)18(15(4,5)6)22(13)20(23,17(10,11)12)25-24(18)19/h1-12H3/t18-,19+,20+,22?,23?,24?/m0/s1. The van der Waals surface area contributed by atoms with E-state index in [2.05, 4.69) is 94.5 Å². The van der Waals surface area contributed by atoms with Crippen LogP contribution in [0.1, 0.15) is 83.1 Å². The van der Waals surface area contributed by atoms with Gasteiger partial charge in [0.15, 0.2) is 0 Å². The second-order valence-electron chi connectivity index (χ2n) is 12.4. The predicted octanol–water partition coefficient (Wildman–Crippen LogP) is 9.36. The van der Waals surface area contributed by atoms with Gasteiger partial charge in [-0.25, -0.2) is 0 Å². The molecule has 0 aliphatic carbocycles. The van der Waals surface area contributed by atoms with Gasteiger partial charge in [-0.05, 0) is 49.3 Å². The van der Waals surface area contributed by atoms with E-state index in [1.54, 1.807) is 0 Å². The fraction of sp³-hybridized carbons (Fsp3) is 0.950. The third-order valence-corrected chi connectivity index (χ3v) is 34.8. The van der Waals surface area contributed by atoms with Crippen molar-refractivity contribution in [3.8, 4) is 0 Å². The highest BCUT2D eigenvalue weighted by Gasteiger charge is 3.04. The molecular weight excluding hydrogens is 396 g/mol. The Morgan fingerprint density at radius 3 is 1.56 bits per heavy atom. The second-order valence-corrected chi connectivity index (χ2v) is 25.7. The van der Waals surface area contributed by atoms with Crippen molar-refractivity contribution < 1.29 is 0 Å². The van der Waals surface area contributed by atoms with Crippen LogP contribution >= 0.6 is 41.9 Å². The van der Waals surface area contributed by atoms with Crippen molar-refractivity contribution in [3.05, 3.63) is 0 Å². The molecule has 4 saturated heterocycles. The summed E-state index contributed by atoms with van der Waals surface area (Å²) in [5.41, 5.74) is 1.73. The quantitative estimate of drug-likeness (QED) is 0.344. The van der Waals surface area contributed by atoms with Gasteiger partial charge in [0, 0.05) is 9.79 Å². The van der Waals surface area contributed by atoms with Crippen molar-refractivity contribution in [1.29, 1.82) is 0 Å². The van der Waals surface area contributed by atoms with Gasteiger partial charge in [-0.2, -0.15) is 0 Å². The average molecular weight is 432 g/mol. The van der Waals surface area contributed by atoms with Gasteiger partial charge < -0.3 is 0 Å². The fourth-order valence-electron chi connectivity index (χ4n) is 5.83. The molecule has 6 bridgehead atoms. The summed E-state index contributed by atoms with van der Waals surface area (Å²) in [6.45, 7) is 30.9. The molecule has 6 atom stereocenters. The van der Waals surface area contributed by atoms with Gasteiger partial charge in [0.2, 0.25) is 0 Å². The van der Waals surface area contributed by atoms with Crippen LogP contribution < -0.4 is 0 Å². The monoisotopic (exact) mass is 432 g/mol. The average Bonchev–Trinajstić information content (AvgIpc) is 2.67. The van der Waals surface area contributed by atoms with Crippen LogP contribution in [0.2, 0.25) is 0 Å². The molecule has 0 saturated carbocycles. The lowest BCUT2D eigenvalue weighted by molar-refractivity contribution is 0.295. The molecule has 0 nitrogen and oxygen atoms in total. The maximum Gasteiger partial charge on any atom is 0.0777 e. The van der Waals surface area contributed by atoms with Gasteiger partial charge in [-0.1, -0.05) is 91.0 Å². The molecule has 4 fully saturated rings. The Bertz CT molecular complexity index is 686. The lowest BCUT2D eigenvalue weighted by Gasteiger charge is -2.46. The van der Waals surface area contributed by atoms with E-state index < -0.39 is 0 Å². The predicted molar refractivity (Wildman–Crippen MR) is 126 cm³/mol. The molecule has 0 N–H and O–H groups in total. The molecule has 0 aromatic heterocycles. The summed E-state index contributed by atoms with van der Waals surface area (Å²) in [6, 6.07) is 0. The molecule has 5 heterocycles. The van der Waals surface area contributed by atoms with Crippen molar-refractivity contribution >= 4 is 47.0 Å². The van der Waals surface area contributed by atoms with E-state index in [4.69, 9.17) is 0 Å². The summed E-state index contributed by atoms with van der Waals surface area (Å²) in [5.74, 6) is 0. The first-order chi connectivity index (χ1) is 10.9. The Kier molecular flexibility index (Phi) is 3.82. The van der Waals surface area contributed by atoms with E-state index in [9.17, 15) is 0 Å². The van der Waals surface area contributed by atoms with E-state index in [0.717, 1.165) is 0 Å². The lowest BCUT2D eigenvalue weighted by atomic mass is 9.80. The van der Waals surface area contributed by atoms with Gasteiger partial charge >= 0.3 is 0 Å². The molecule has 25 heavy (non-hydrogen) atoms. The highest BCUT2D eigenvalue weighted by molar-refractivity contribution is 8.77. The number of rotatable bonds is 0. The lowest BCUT2D eigenvalue weighted by Crippen LogP contribution is -2.42. The van der Waals surface area contributed by atoms with Crippen molar-refractivity contribution in [2.75, 3.05) is 0 Å². The Balaban J connectivity index is 2.05.